The zero-order valence-corrected chi connectivity index (χ0v) is 15.2. The third-order valence-electron chi connectivity index (χ3n) is 3.32. The van der Waals surface area contributed by atoms with E-state index in [9.17, 15) is 9.59 Å². The van der Waals surface area contributed by atoms with Crippen LogP contribution < -0.4 is 10.6 Å². The molecule has 0 aliphatic rings. The summed E-state index contributed by atoms with van der Waals surface area (Å²) < 4.78 is 6.09. The molecule has 0 fully saturated rings. The number of aliphatic hydroxyl groups is 1. The highest BCUT2D eigenvalue weighted by Gasteiger charge is 2.20. The fourth-order valence-corrected chi connectivity index (χ4v) is 2.49. The third-order valence-corrected chi connectivity index (χ3v) is 3.81. The minimum atomic E-state index is -0.961. The summed E-state index contributed by atoms with van der Waals surface area (Å²) in [5.41, 5.74) is 1.45. The van der Waals surface area contributed by atoms with Crippen LogP contribution in [0.3, 0.4) is 0 Å². The molecule has 0 aliphatic carbocycles. The molecular formula is C18H19BrN2O4. The number of halogens is 1. The smallest absolute Gasteiger partial charge is 0.341 e. The second-order valence-corrected chi connectivity index (χ2v) is 6.16. The van der Waals surface area contributed by atoms with Crippen LogP contribution in [0.5, 0.6) is 0 Å². The van der Waals surface area contributed by atoms with Gasteiger partial charge >= 0.3 is 5.97 Å². The van der Waals surface area contributed by atoms with Crippen LogP contribution in [0.4, 0.5) is 11.4 Å². The van der Waals surface area contributed by atoms with Crippen LogP contribution in [0.1, 0.15) is 17.3 Å². The number of carbonyl (C=O) groups excluding carboxylic acids is 2. The van der Waals surface area contributed by atoms with Gasteiger partial charge < -0.3 is 20.5 Å². The molecule has 1 atom stereocenters. The lowest BCUT2D eigenvalue weighted by Crippen LogP contribution is -2.30. The molecule has 0 aromatic heterocycles. The Morgan fingerprint density at radius 2 is 1.96 bits per heavy atom. The number of benzene rings is 2. The molecule has 3 N–H and O–H groups in total. The van der Waals surface area contributed by atoms with E-state index in [1.54, 1.807) is 42.5 Å². The van der Waals surface area contributed by atoms with Crippen molar-refractivity contribution >= 4 is 39.2 Å². The first kappa shape index (κ1) is 19.0. The van der Waals surface area contributed by atoms with Crippen LogP contribution in [0, 0.1) is 0 Å². The molecule has 0 bridgehead atoms. The molecule has 1 amide bonds. The van der Waals surface area contributed by atoms with Crippen LogP contribution in [0.25, 0.3) is 0 Å². The van der Waals surface area contributed by atoms with E-state index < -0.39 is 18.0 Å². The maximum atomic E-state index is 12.3. The van der Waals surface area contributed by atoms with Crippen molar-refractivity contribution in [1.29, 1.82) is 0 Å². The lowest BCUT2D eigenvalue weighted by Gasteiger charge is -2.15. The van der Waals surface area contributed by atoms with Gasteiger partial charge in [-0.05, 0) is 37.3 Å². The Kier molecular flexibility index (Phi) is 6.97. The number of amides is 1. The quantitative estimate of drug-likeness (QED) is 0.615. The highest BCUT2D eigenvalue weighted by molar-refractivity contribution is 9.10. The predicted octanol–water partition coefficient (Wildman–Crippen LogP) is 3.04. The van der Waals surface area contributed by atoms with E-state index in [0.717, 1.165) is 4.47 Å². The van der Waals surface area contributed by atoms with Gasteiger partial charge in [0, 0.05) is 22.4 Å². The molecule has 0 unspecified atom stereocenters. The monoisotopic (exact) mass is 406 g/mol. The summed E-state index contributed by atoms with van der Waals surface area (Å²) in [6, 6.07) is 13.9. The molecule has 2 rings (SSSR count). The van der Waals surface area contributed by atoms with Crippen molar-refractivity contribution in [1.82, 2.24) is 0 Å². The first-order chi connectivity index (χ1) is 12.0. The second kappa shape index (κ2) is 9.19. The van der Waals surface area contributed by atoms with Crippen LogP contribution in [-0.4, -0.2) is 36.2 Å². The molecule has 7 heteroatoms. The number of hydrogen-bond donors (Lipinski definition) is 3. The molecule has 132 valence electrons. The number of nitrogens with one attached hydrogen (secondary N) is 2. The average Bonchev–Trinajstić information content (AvgIpc) is 2.60. The lowest BCUT2D eigenvalue weighted by atomic mass is 10.1. The Morgan fingerprint density at radius 3 is 2.68 bits per heavy atom. The number of carbonyl (C=O) groups is 2. The van der Waals surface area contributed by atoms with Gasteiger partial charge in [-0.1, -0.05) is 34.1 Å². The summed E-state index contributed by atoms with van der Waals surface area (Å²) >= 11 is 3.33. The lowest BCUT2D eigenvalue weighted by molar-refractivity contribution is -0.123. The van der Waals surface area contributed by atoms with Gasteiger partial charge in [0.2, 0.25) is 0 Å². The Balaban J connectivity index is 2.01. The summed E-state index contributed by atoms with van der Waals surface area (Å²) in [5.74, 6) is -1.04. The van der Waals surface area contributed by atoms with Gasteiger partial charge in [0.25, 0.3) is 5.91 Å². The molecule has 2 aromatic carbocycles. The van der Waals surface area contributed by atoms with Gasteiger partial charge in [0.1, 0.15) is 0 Å². The summed E-state index contributed by atoms with van der Waals surface area (Å²) in [6.07, 6.45) is -0.961. The van der Waals surface area contributed by atoms with Crippen molar-refractivity contribution in [2.45, 2.75) is 13.0 Å². The van der Waals surface area contributed by atoms with Gasteiger partial charge in [0.05, 0.1) is 12.2 Å². The van der Waals surface area contributed by atoms with E-state index in [2.05, 4.69) is 26.6 Å². The third kappa shape index (κ3) is 5.58. The number of rotatable bonds is 7. The van der Waals surface area contributed by atoms with Gasteiger partial charge in [-0.25, -0.2) is 4.79 Å². The normalized spacial score (nSPS) is 11.5. The molecule has 6 nitrogen and oxygen atoms in total. The topological polar surface area (TPSA) is 87.7 Å². The molecule has 0 saturated carbocycles. The van der Waals surface area contributed by atoms with Crippen molar-refractivity contribution in [3.8, 4) is 0 Å². The number of anilines is 2. The van der Waals surface area contributed by atoms with Gasteiger partial charge in [0.15, 0.2) is 6.10 Å². The maximum absolute atomic E-state index is 12.3. The predicted molar refractivity (Wildman–Crippen MR) is 99.7 cm³/mol. The fourth-order valence-electron chi connectivity index (χ4n) is 2.09. The minimum absolute atomic E-state index is 0.0607. The van der Waals surface area contributed by atoms with Crippen molar-refractivity contribution in [3.63, 3.8) is 0 Å². The Morgan fingerprint density at radius 1 is 1.20 bits per heavy atom. The Bertz CT molecular complexity index is 751. The summed E-state index contributed by atoms with van der Waals surface area (Å²) in [5, 5.41) is 14.5. The second-order valence-electron chi connectivity index (χ2n) is 5.24. The highest BCUT2D eigenvalue weighted by Crippen LogP contribution is 2.18. The molecule has 25 heavy (non-hydrogen) atoms. The molecule has 0 aliphatic heterocycles. The van der Waals surface area contributed by atoms with E-state index in [-0.39, 0.29) is 6.61 Å². The van der Waals surface area contributed by atoms with Gasteiger partial charge in [-0.2, -0.15) is 0 Å². The SMILES string of the molecule is C[C@@H](OC(=O)c1ccccc1NCCO)C(=O)Nc1cccc(Br)c1. The zero-order chi connectivity index (χ0) is 18.2. The van der Waals surface area contributed by atoms with Crippen LogP contribution in [0.2, 0.25) is 0 Å². The number of aliphatic hydroxyl groups excluding tert-OH is 1. The van der Waals surface area contributed by atoms with Crippen LogP contribution in [-0.2, 0) is 9.53 Å². The standard InChI is InChI=1S/C18H19BrN2O4/c1-12(17(23)21-14-6-4-5-13(19)11-14)25-18(24)15-7-2-3-8-16(15)20-9-10-22/h2-8,11-12,20,22H,9-10H2,1H3,(H,21,23)/t12-/m1/s1. The van der Waals surface area contributed by atoms with E-state index in [0.29, 0.717) is 23.5 Å². The van der Waals surface area contributed by atoms with Crippen molar-refractivity contribution in [3.05, 3.63) is 58.6 Å². The zero-order valence-electron chi connectivity index (χ0n) is 13.7. The summed E-state index contributed by atoms with van der Waals surface area (Å²) in [7, 11) is 0. The highest BCUT2D eigenvalue weighted by atomic mass is 79.9. The molecule has 0 saturated heterocycles. The van der Waals surface area contributed by atoms with Gasteiger partial charge in [-0.3, -0.25) is 4.79 Å². The van der Waals surface area contributed by atoms with E-state index in [1.807, 2.05) is 6.07 Å². The summed E-state index contributed by atoms with van der Waals surface area (Å²) in [4.78, 5) is 24.5. The number of para-hydroxylation sites is 1. The largest absolute Gasteiger partial charge is 0.449 e. The number of esters is 1. The first-order valence-electron chi connectivity index (χ1n) is 7.72. The number of hydrogen-bond acceptors (Lipinski definition) is 5. The van der Waals surface area contributed by atoms with E-state index in [1.165, 1.54) is 6.92 Å². The van der Waals surface area contributed by atoms with Crippen molar-refractivity contribution in [2.75, 3.05) is 23.8 Å². The maximum Gasteiger partial charge on any atom is 0.341 e. The number of ether oxygens (including phenoxy) is 1. The molecule has 0 radical (unpaired) electrons. The van der Waals surface area contributed by atoms with E-state index >= 15 is 0 Å². The van der Waals surface area contributed by atoms with Crippen molar-refractivity contribution in [2.24, 2.45) is 0 Å². The minimum Gasteiger partial charge on any atom is -0.449 e. The van der Waals surface area contributed by atoms with Crippen molar-refractivity contribution < 1.29 is 19.4 Å². The van der Waals surface area contributed by atoms with Crippen LogP contribution >= 0.6 is 15.9 Å². The molecule has 0 spiro atoms. The average molecular weight is 407 g/mol. The fraction of sp³-hybridized carbons (Fsp3) is 0.222. The van der Waals surface area contributed by atoms with Crippen LogP contribution in [0.15, 0.2) is 53.0 Å². The molecule has 0 heterocycles. The summed E-state index contributed by atoms with van der Waals surface area (Å²) in [6.45, 7) is 1.76. The Labute approximate surface area is 154 Å². The van der Waals surface area contributed by atoms with Gasteiger partial charge in [-0.15, -0.1) is 0 Å². The first-order valence-corrected chi connectivity index (χ1v) is 8.51. The Hall–Kier alpha value is -2.38. The molecule has 2 aromatic rings. The molecular weight excluding hydrogens is 388 g/mol. The van der Waals surface area contributed by atoms with E-state index in [4.69, 9.17) is 9.84 Å².